The van der Waals surface area contributed by atoms with E-state index in [2.05, 4.69) is 15.4 Å². The molecule has 0 fully saturated rings. The number of nitro benzene ring substituents is 1. The average Bonchev–Trinajstić information content (AvgIpc) is 3.19. The first-order valence-corrected chi connectivity index (χ1v) is 8.88. The number of fused-ring (bicyclic) bond motifs is 1. The van der Waals surface area contributed by atoms with Gasteiger partial charge in [0.25, 0.3) is 5.69 Å². The van der Waals surface area contributed by atoms with Gasteiger partial charge in [-0.2, -0.15) is 10.1 Å². The van der Waals surface area contributed by atoms with Crippen molar-refractivity contribution in [1.82, 2.24) is 14.8 Å². The van der Waals surface area contributed by atoms with Gasteiger partial charge >= 0.3 is 5.97 Å². The fourth-order valence-electron chi connectivity index (χ4n) is 3.33. The van der Waals surface area contributed by atoms with E-state index in [1.165, 1.54) is 17.1 Å². The molecule has 0 spiro atoms. The summed E-state index contributed by atoms with van der Waals surface area (Å²) in [5, 5.41) is 18.8. The summed E-state index contributed by atoms with van der Waals surface area (Å²) >= 11 is 0. The van der Waals surface area contributed by atoms with E-state index in [1.54, 1.807) is 25.1 Å². The van der Waals surface area contributed by atoms with Gasteiger partial charge in [-0.1, -0.05) is 42.5 Å². The highest BCUT2D eigenvalue weighted by molar-refractivity contribution is 5.92. The molecule has 0 aliphatic carbocycles. The third-order valence-corrected chi connectivity index (χ3v) is 4.66. The van der Waals surface area contributed by atoms with E-state index < -0.39 is 16.9 Å². The van der Waals surface area contributed by atoms with Crippen LogP contribution < -0.4 is 5.32 Å². The molecule has 0 radical (unpaired) electrons. The fourth-order valence-corrected chi connectivity index (χ4v) is 3.33. The summed E-state index contributed by atoms with van der Waals surface area (Å²) in [7, 11) is 0. The zero-order chi connectivity index (χ0) is 20.4. The van der Waals surface area contributed by atoms with Crippen molar-refractivity contribution in [2.24, 2.45) is 0 Å². The number of benzene rings is 2. The quantitative estimate of drug-likeness (QED) is 0.404. The largest absolute Gasteiger partial charge is 0.457 e. The van der Waals surface area contributed by atoms with Crippen LogP contribution in [0.15, 0.2) is 72.2 Å². The van der Waals surface area contributed by atoms with Gasteiger partial charge in [0.15, 0.2) is 0 Å². The molecule has 2 heterocycles. The molecule has 1 aromatic heterocycles. The van der Waals surface area contributed by atoms with Gasteiger partial charge < -0.3 is 10.1 Å². The van der Waals surface area contributed by atoms with Crippen LogP contribution >= 0.6 is 0 Å². The number of anilines is 1. The van der Waals surface area contributed by atoms with E-state index in [0.29, 0.717) is 17.2 Å². The number of ether oxygens (including phenoxy) is 1. The van der Waals surface area contributed by atoms with Gasteiger partial charge in [-0.15, -0.1) is 0 Å². The molecule has 1 aliphatic rings. The molecule has 1 atom stereocenters. The maximum Gasteiger partial charge on any atom is 0.338 e. The molecule has 2 aromatic carbocycles. The summed E-state index contributed by atoms with van der Waals surface area (Å²) in [4.78, 5) is 28.3. The second-order valence-corrected chi connectivity index (χ2v) is 6.47. The van der Waals surface area contributed by atoms with E-state index >= 15 is 0 Å². The van der Waals surface area contributed by atoms with E-state index in [1.807, 2.05) is 30.3 Å². The number of carbonyl (C=O) groups excluding carboxylic acids is 1. The van der Waals surface area contributed by atoms with Crippen LogP contribution in [0.3, 0.4) is 0 Å². The predicted octanol–water partition coefficient (Wildman–Crippen LogP) is 3.22. The third-order valence-electron chi connectivity index (χ3n) is 4.66. The molecule has 0 unspecified atom stereocenters. The van der Waals surface area contributed by atoms with Crippen LogP contribution in [0.2, 0.25) is 0 Å². The van der Waals surface area contributed by atoms with Crippen LogP contribution in [-0.2, 0) is 16.1 Å². The van der Waals surface area contributed by atoms with Crippen LogP contribution in [0.5, 0.6) is 0 Å². The number of para-hydroxylation sites is 1. The monoisotopic (exact) mass is 391 g/mol. The van der Waals surface area contributed by atoms with E-state index in [4.69, 9.17) is 4.74 Å². The zero-order valence-electron chi connectivity index (χ0n) is 15.5. The van der Waals surface area contributed by atoms with Crippen molar-refractivity contribution in [1.29, 1.82) is 0 Å². The second-order valence-electron chi connectivity index (χ2n) is 6.47. The van der Waals surface area contributed by atoms with Gasteiger partial charge in [0.05, 0.1) is 16.1 Å². The molecule has 146 valence electrons. The van der Waals surface area contributed by atoms with Gasteiger partial charge in [0.1, 0.15) is 19.0 Å². The predicted molar refractivity (Wildman–Crippen MR) is 104 cm³/mol. The van der Waals surface area contributed by atoms with Crippen LogP contribution in [0, 0.1) is 10.1 Å². The van der Waals surface area contributed by atoms with Gasteiger partial charge in [-0.25, -0.2) is 9.48 Å². The third kappa shape index (κ3) is 3.45. The minimum Gasteiger partial charge on any atom is -0.457 e. The van der Waals surface area contributed by atoms with Crippen molar-refractivity contribution in [2.45, 2.75) is 19.6 Å². The molecule has 1 aliphatic heterocycles. The molecule has 0 saturated carbocycles. The van der Waals surface area contributed by atoms with Crippen molar-refractivity contribution in [3.8, 4) is 0 Å². The van der Waals surface area contributed by atoms with Crippen molar-refractivity contribution < 1.29 is 14.5 Å². The summed E-state index contributed by atoms with van der Waals surface area (Å²) < 4.78 is 6.97. The molecule has 3 aromatic rings. The highest BCUT2D eigenvalue weighted by atomic mass is 16.6. The lowest BCUT2D eigenvalue weighted by Gasteiger charge is -2.28. The molecule has 29 heavy (non-hydrogen) atoms. The molecule has 0 bridgehead atoms. The summed E-state index contributed by atoms with van der Waals surface area (Å²) in [5.74, 6) is -0.187. The first-order valence-electron chi connectivity index (χ1n) is 8.88. The lowest BCUT2D eigenvalue weighted by molar-refractivity contribution is -0.385. The second kappa shape index (κ2) is 7.55. The van der Waals surface area contributed by atoms with E-state index in [9.17, 15) is 14.9 Å². The zero-order valence-corrected chi connectivity index (χ0v) is 15.5. The average molecular weight is 391 g/mol. The Bertz CT molecular complexity index is 1110. The molecule has 0 saturated heterocycles. The number of aromatic nitrogens is 3. The minimum absolute atomic E-state index is 0.0876. The SMILES string of the molecule is CC1=C(C(=O)OCc2ccccc2)[C@@H](c2ccccc2[N+](=O)[O-])n2ncnc2N1. The van der Waals surface area contributed by atoms with E-state index in [-0.39, 0.29) is 17.9 Å². The Balaban J connectivity index is 1.75. The van der Waals surface area contributed by atoms with Crippen molar-refractivity contribution in [3.05, 3.63) is 93.4 Å². The van der Waals surface area contributed by atoms with Gasteiger partial charge in [0.2, 0.25) is 5.95 Å². The number of hydrogen-bond donors (Lipinski definition) is 1. The van der Waals surface area contributed by atoms with Crippen molar-refractivity contribution >= 4 is 17.6 Å². The summed E-state index contributed by atoms with van der Waals surface area (Å²) in [5.41, 5.74) is 1.81. The molecule has 1 N–H and O–H groups in total. The van der Waals surface area contributed by atoms with Gasteiger partial charge in [0, 0.05) is 11.8 Å². The first kappa shape index (κ1) is 18.4. The molecular formula is C20H17N5O4. The van der Waals surface area contributed by atoms with Crippen LogP contribution in [0.1, 0.15) is 24.1 Å². The Morgan fingerprint density at radius 1 is 1.21 bits per heavy atom. The highest BCUT2D eigenvalue weighted by Crippen LogP contribution is 2.38. The Labute approximate surface area is 165 Å². The topological polar surface area (TPSA) is 112 Å². The van der Waals surface area contributed by atoms with E-state index in [0.717, 1.165) is 5.56 Å². The Hall–Kier alpha value is -4.01. The maximum atomic E-state index is 13.0. The number of rotatable bonds is 5. The Morgan fingerprint density at radius 3 is 2.69 bits per heavy atom. The number of hydrogen-bond acceptors (Lipinski definition) is 7. The number of carbonyl (C=O) groups is 1. The number of allylic oxidation sites excluding steroid dienone is 1. The minimum atomic E-state index is -0.835. The Kier molecular flexibility index (Phi) is 4.78. The summed E-state index contributed by atoms with van der Waals surface area (Å²) in [6.07, 6.45) is 1.33. The smallest absolute Gasteiger partial charge is 0.338 e. The van der Waals surface area contributed by atoms with Crippen molar-refractivity contribution in [2.75, 3.05) is 5.32 Å². The van der Waals surface area contributed by atoms with Gasteiger partial charge in [-0.3, -0.25) is 10.1 Å². The standard InChI is InChI=1S/C20H17N5O4/c1-13-17(19(26)29-11-14-7-3-2-4-8-14)18(24-20(23-13)21-12-22-24)15-9-5-6-10-16(15)25(27)28/h2-10,12,18H,11H2,1H3,(H,21,22,23)/t18-/m1/s1. The van der Waals surface area contributed by atoms with Crippen LogP contribution in [0.4, 0.5) is 11.6 Å². The normalized spacial score (nSPS) is 15.4. The first-order chi connectivity index (χ1) is 14.1. The summed E-state index contributed by atoms with van der Waals surface area (Å²) in [6, 6.07) is 14.7. The molecule has 4 rings (SSSR count). The molecular weight excluding hydrogens is 374 g/mol. The number of esters is 1. The van der Waals surface area contributed by atoms with Crippen molar-refractivity contribution in [3.63, 3.8) is 0 Å². The highest BCUT2D eigenvalue weighted by Gasteiger charge is 2.37. The van der Waals surface area contributed by atoms with Crippen LogP contribution in [-0.4, -0.2) is 25.7 Å². The maximum absolute atomic E-state index is 13.0. The Morgan fingerprint density at radius 2 is 1.93 bits per heavy atom. The number of nitrogens with one attached hydrogen (secondary N) is 1. The lowest BCUT2D eigenvalue weighted by atomic mass is 9.94. The van der Waals surface area contributed by atoms with Gasteiger partial charge in [-0.05, 0) is 18.6 Å². The number of nitrogens with zero attached hydrogens (tertiary/aromatic N) is 4. The number of nitro groups is 1. The van der Waals surface area contributed by atoms with Crippen LogP contribution in [0.25, 0.3) is 0 Å². The molecule has 9 nitrogen and oxygen atoms in total. The molecule has 9 heteroatoms. The molecule has 0 amide bonds. The lowest BCUT2D eigenvalue weighted by Crippen LogP contribution is -2.30. The summed E-state index contributed by atoms with van der Waals surface area (Å²) in [6.45, 7) is 1.79. The fraction of sp³-hybridized carbons (Fsp3) is 0.150.